The second-order valence-corrected chi connectivity index (χ2v) is 0.943. The van der Waals surface area contributed by atoms with Crippen LogP contribution in [0.5, 0.6) is 0 Å². The molecule has 1 nitrogen and oxygen atoms in total. The molecule has 0 aliphatic carbocycles. The van der Waals surface area contributed by atoms with E-state index >= 15 is 0 Å². The average molecular weight is 125 g/mol. The minimum Gasteiger partial charge on any atom is -0.255 e. The van der Waals surface area contributed by atoms with E-state index in [9.17, 15) is 0 Å². The normalized spacial score (nSPS) is 4.44. The Hall–Kier alpha value is -1.08. The third-order valence-corrected chi connectivity index (χ3v) is 0.333. The Morgan fingerprint density at radius 2 is 0.667 bits per heavy atom. The van der Waals surface area contributed by atoms with Gasteiger partial charge in [0.05, 0.1) is 0 Å². The summed E-state index contributed by atoms with van der Waals surface area (Å²) in [5.41, 5.74) is 0. The van der Waals surface area contributed by atoms with Gasteiger partial charge in [-0.15, -0.1) is 0 Å². The van der Waals surface area contributed by atoms with E-state index < -0.39 is 0 Å². The van der Waals surface area contributed by atoms with Crippen LogP contribution < -0.4 is 0 Å². The molecule has 0 bridgehead atoms. The van der Waals surface area contributed by atoms with Crippen LogP contribution in [0.1, 0.15) is 0 Å². The van der Waals surface area contributed by atoms with Gasteiger partial charge >= 0.3 is 0 Å². The average Bonchev–Trinajstić information content (AvgIpc) is 1.88. The molecular formula is C8H13O. The Labute approximate surface area is 57.0 Å². The fraction of sp³-hybridized carbons (Fsp3) is 0. The summed E-state index contributed by atoms with van der Waals surface area (Å²) in [6.45, 7) is 13.4. The summed E-state index contributed by atoms with van der Waals surface area (Å²) in [5.74, 6) is 0. The van der Waals surface area contributed by atoms with Crippen molar-refractivity contribution >= 4 is 0 Å². The van der Waals surface area contributed by atoms with Gasteiger partial charge in [-0.1, -0.05) is 50.6 Å². The highest BCUT2D eigenvalue weighted by Crippen LogP contribution is 1.53. The van der Waals surface area contributed by atoms with Crippen LogP contribution in [-0.2, 0) is 0 Å². The molecule has 0 aliphatic rings. The van der Waals surface area contributed by atoms with Gasteiger partial charge in [0.2, 0.25) is 0 Å². The molecule has 0 aromatic carbocycles. The molecule has 51 valence electrons. The predicted octanol–water partition coefficient (Wildman–Crippen LogP) is 2.54. The lowest BCUT2D eigenvalue weighted by Gasteiger charge is -1.44. The highest BCUT2D eigenvalue weighted by Gasteiger charge is 1.29. The predicted molar refractivity (Wildman–Crippen MR) is 42.7 cm³/mol. The van der Waals surface area contributed by atoms with Gasteiger partial charge in [0.1, 0.15) is 0 Å². The third kappa shape index (κ3) is 198. The number of hydrogen-bond acceptors (Lipinski definition) is 0. The highest BCUT2D eigenvalue weighted by atomic mass is 16.0. The standard InChI is InChI=1S/2C4H6.HO/c2*1-3-4-2;/h2*3-4H,1-2H2;1H. The minimum atomic E-state index is 0. The van der Waals surface area contributed by atoms with Gasteiger partial charge in [-0.25, -0.2) is 0 Å². The topological polar surface area (TPSA) is 30.0 Å². The van der Waals surface area contributed by atoms with Crippen molar-refractivity contribution in [2.75, 3.05) is 0 Å². The second-order valence-electron chi connectivity index (χ2n) is 0.943. The Kier molecular flexibility index (Phi) is 49.5. The highest BCUT2D eigenvalue weighted by molar-refractivity contribution is 4.88. The van der Waals surface area contributed by atoms with E-state index in [2.05, 4.69) is 26.3 Å². The van der Waals surface area contributed by atoms with E-state index in [-0.39, 0.29) is 5.48 Å². The molecule has 0 aliphatic heterocycles. The summed E-state index contributed by atoms with van der Waals surface area (Å²) >= 11 is 0. The SMILES string of the molecule is C=CC=C.C=CC=C.[OH]. The number of hydrogen-bond donors (Lipinski definition) is 1. The van der Waals surface area contributed by atoms with Crippen molar-refractivity contribution in [3.05, 3.63) is 50.6 Å². The third-order valence-electron chi connectivity index (χ3n) is 0.333. The van der Waals surface area contributed by atoms with Gasteiger partial charge in [-0.3, -0.25) is 5.48 Å². The van der Waals surface area contributed by atoms with Crippen LogP contribution in [0.3, 0.4) is 0 Å². The van der Waals surface area contributed by atoms with E-state index in [4.69, 9.17) is 0 Å². The zero-order valence-electron chi connectivity index (χ0n) is 5.59. The first-order valence-electron chi connectivity index (χ1n) is 2.30. The van der Waals surface area contributed by atoms with E-state index in [0.717, 1.165) is 0 Å². The van der Waals surface area contributed by atoms with Crippen molar-refractivity contribution in [1.29, 1.82) is 0 Å². The molecule has 0 amide bonds. The Bertz CT molecular complexity index is 58.6. The maximum Gasteiger partial charge on any atom is -0.0701 e. The largest absolute Gasteiger partial charge is 0.255 e. The molecule has 9 heavy (non-hydrogen) atoms. The van der Waals surface area contributed by atoms with Crippen molar-refractivity contribution in [3.8, 4) is 0 Å². The first kappa shape index (κ1) is 15.7. The quantitative estimate of drug-likeness (QED) is 0.550. The maximum absolute atomic E-state index is 3.36. The summed E-state index contributed by atoms with van der Waals surface area (Å²) in [6, 6.07) is 0. The molecule has 0 unspecified atom stereocenters. The van der Waals surface area contributed by atoms with Gasteiger partial charge in [0.25, 0.3) is 0 Å². The molecule has 0 aromatic heterocycles. The lowest BCUT2D eigenvalue weighted by molar-refractivity contribution is 0.824. The maximum atomic E-state index is 3.36. The van der Waals surface area contributed by atoms with Crippen LogP contribution in [0.15, 0.2) is 50.6 Å². The Morgan fingerprint density at radius 3 is 0.667 bits per heavy atom. The lowest BCUT2D eigenvalue weighted by atomic mass is 10.6. The zero-order valence-corrected chi connectivity index (χ0v) is 5.59. The van der Waals surface area contributed by atoms with Crippen molar-refractivity contribution in [2.45, 2.75) is 0 Å². The summed E-state index contributed by atoms with van der Waals surface area (Å²) < 4.78 is 0. The summed E-state index contributed by atoms with van der Waals surface area (Å²) in [6.07, 6.45) is 6.56. The van der Waals surface area contributed by atoms with Gasteiger partial charge in [0.15, 0.2) is 0 Å². The molecule has 0 spiro atoms. The van der Waals surface area contributed by atoms with Gasteiger partial charge in [0, 0.05) is 0 Å². The van der Waals surface area contributed by atoms with E-state index in [1.165, 1.54) is 0 Å². The van der Waals surface area contributed by atoms with Crippen molar-refractivity contribution < 1.29 is 5.48 Å². The first-order valence-corrected chi connectivity index (χ1v) is 2.30. The van der Waals surface area contributed by atoms with Crippen molar-refractivity contribution in [3.63, 3.8) is 0 Å². The van der Waals surface area contributed by atoms with E-state index in [1.54, 1.807) is 24.3 Å². The molecule has 0 heterocycles. The summed E-state index contributed by atoms with van der Waals surface area (Å²) in [4.78, 5) is 0. The zero-order chi connectivity index (χ0) is 6.83. The second kappa shape index (κ2) is 28.4. The molecule has 1 N–H and O–H groups in total. The number of allylic oxidation sites excluding steroid dienone is 4. The van der Waals surface area contributed by atoms with Crippen LogP contribution in [0, 0.1) is 0 Å². The first-order chi connectivity index (χ1) is 3.83. The smallest absolute Gasteiger partial charge is 0.0701 e. The van der Waals surface area contributed by atoms with Gasteiger partial charge in [-0.2, -0.15) is 0 Å². The Morgan fingerprint density at radius 1 is 0.556 bits per heavy atom. The van der Waals surface area contributed by atoms with Crippen LogP contribution in [0.25, 0.3) is 0 Å². The summed E-state index contributed by atoms with van der Waals surface area (Å²) in [7, 11) is 0. The molecule has 1 heteroatoms. The molecule has 0 rings (SSSR count). The van der Waals surface area contributed by atoms with E-state index in [1.807, 2.05) is 0 Å². The van der Waals surface area contributed by atoms with Crippen LogP contribution in [-0.4, -0.2) is 5.48 Å². The molecular weight excluding hydrogens is 112 g/mol. The summed E-state index contributed by atoms with van der Waals surface area (Å²) in [5, 5.41) is 0. The molecule has 0 saturated heterocycles. The minimum absolute atomic E-state index is 0. The Balaban J connectivity index is -0.0000000720. The molecule has 0 aromatic rings. The monoisotopic (exact) mass is 125 g/mol. The van der Waals surface area contributed by atoms with Crippen LogP contribution in [0.4, 0.5) is 0 Å². The van der Waals surface area contributed by atoms with Gasteiger partial charge in [-0.05, 0) is 0 Å². The van der Waals surface area contributed by atoms with Crippen LogP contribution in [0.2, 0.25) is 0 Å². The lowest BCUT2D eigenvalue weighted by Crippen LogP contribution is -1.21. The molecule has 0 fully saturated rings. The molecule has 0 atom stereocenters. The van der Waals surface area contributed by atoms with E-state index in [0.29, 0.717) is 0 Å². The van der Waals surface area contributed by atoms with Crippen LogP contribution >= 0.6 is 0 Å². The van der Waals surface area contributed by atoms with Gasteiger partial charge < -0.3 is 0 Å². The van der Waals surface area contributed by atoms with Crippen molar-refractivity contribution in [2.24, 2.45) is 0 Å². The van der Waals surface area contributed by atoms with Crippen molar-refractivity contribution in [1.82, 2.24) is 0 Å². The number of rotatable bonds is 2. The fourth-order valence-electron chi connectivity index (χ4n) is 0. The molecule has 1 radical (unpaired) electrons. The fourth-order valence-corrected chi connectivity index (χ4v) is 0. The molecule has 0 saturated carbocycles.